The molecule has 0 atom stereocenters. The van der Waals surface area contributed by atoms with E-state index in [0.717, 1.165) is 43.7 Å². The lowest BCUT2D eigenvalue weighted by Crippen LogP contribution is -2.18. The number of aryl methyl sites for hydroxylation is 1. The van der Waals surface area contributed by atoms with E-state index in [1.165, 1.54) is 12.0 Å². The molecule has 4 heteroatoms. The molecule has 0 radical (unpaired) electrons. The molecule has 0 saturated carbocycles. The van der Waals surface area contributed by atoms with Crippen LogP contribution in [0.1, 0.15) is 37.4 Å². The second kappa shape index (κ2) is 4.47. The molecule has 0 unspecified atom stereocenters. The first-order chi connectivity index (χ1) is 7.31. The van der Waals surface area contributed by atoms with Crippen LogP contribution < -0.4 is 11.0 Å². The zero-order valence-corrected chi connectivity index (χ0v) is 9.10. The second-order valence-electron chi connectivity index (χ2n) is 3.98. The summed E-state index contributed by atoms with van der Waals surface area (Å²) in [6, 6.07) is 0. The third kappa shape index (κ3) is 2.19. The quantitative estimate of drug-likeness (QED) is 0.772. The molecular weight excluding hydrogens is 190 g/mol. The van der Waals surface area contributed by atoms with Crippen LogP contribution in [0, 0.1) is 0 Å². The van der Waals surface area contributed by atoms with Crippen molar-refractivity contribution in [3.05, 3.63) is 21.7 Å². The van der Waals surface area contributed by atoms with Gasteiger partial charge in [-0.2, -0.15) is 4.98 Å². The first-order valence-corrected chi connectivity index (χ1v) is 5.67. The van der Waals surface area contributed by atoms with Crippen molar-refractivity contribution >= 4 is 5.82 Å². The van der Waals surface area contributed by atoms with Crippen LogP contribution in [0.5, 0.6) is 0 Å². The Morgan fingerprint density at radius 3 is 3.07 bits per heavy atom. The Morgan fingerprint density at radius 1 is 1.40 bits per heavy atom. The first-order valence-electron chi connectivity index (χ1n) is 5.67. The highest BCUT2D eigenvalue weighted by molar-refractivity contribution is 5.46. The SMILES string of the molecule is CCCc1[nH]c(=O)nc2c1CCCCN2. The highest BCUT2D eigenvalue weighted by Crippen LogP contribution is 2.20. The van der Waals surface area contributed by atoms with E-state index in [9.17, 15) is 4.79 Å². The number of nitrogens with one attached hydrogen (secondary N) is 2. The van der Waals surface area contributed by atoms with Crippen molar-refractivity contribution in [3.8, 4) is 0 Å². The van der Waals surface area contributed by atoms with Crippen LogP contribution in [0.25, 0.3) is 0 Å². The second-order valence-corrected chi connectivity index (χ2v) is 3.98. The van der Waals surface area contributed by atoms with Crippen molar-refractivity contribution < 1.29 is 0 Å². The minimum atomic E-state index is -0.230. The van der Waals surface area contributed by atoms with E-state index in [1.807, 2.05) is 0 Å². The maximum Gasteiger partial charge on any atom is 0.347 e. The number of anilines is 1. The van der Waals surface area contributed by atoms with Crippen molar-refractivity contribution in [1.29, 1.82) is 0 Å². The third-order valence-electron chi connectivity index (χ3n) is 2.77. The van der Waals surface area contributed by atoms with Crippen molar-refractivity contribution in [3.63, 3.8) is 0 Å². The molecular formula is C11H17N3O. The Kier molecular flexibility index (Phi) is 3.04. The number of aromatic nitrogens is 2. The lowest BCUT2D eigenvalue weighted by molar-refractivity contribution is 0.765. The Labute approximate surface area is 89.1 Å². The minimum absolute atomic E-state index is 0.230. The number of aromatic amines is 1. The maximum absolute atomic E-state index is 11.3. The Hall–Kier alpha value is -1.32. The molecule has 1 aromatic heterocycles. The van der Waals surface area contributed by atoms with E-state index in [0.29, 0.717) is 0 Å². The molecule has 0 aromatic carbocycles. The van der Waals surface area contributed by atoms with Crippen molar-refractivity contribution in [1.82, 2.24) is 9.97 Å². The van der Waals surface area contributed by atoms with Gasteiger partial charge in [0.2, 0.25) is 0 Å². The number of hydrogen-bond donors (Lipinski definition) is 2. The summed E-state index contributed by atoms with van der Waals surface area (Å²) in [5, 5.41) is 3.23. The van der Waals surface area contributed by atoms with Gasteiger partial charge >= 0.3 is 5.69 Å². The fourth-order valence-electron chi connectivity index (χ4n) is 2.06. The zero-order valence-electron chi connectivity index (χ0n) is 9.10. The molecule has 0 bridgehead atoms. The lowest BCUT2D eigenvalue weighted by Gasteiger charge is -2.10. The molecule has 1 aliphatic rings. The monoisotopic (exact) mass is 207 g/mol. The van der Waals surface area contributed by atoms with E-state index >= 15 is 0 Å². The van der Waals surface area contributed by atoms with Gasteiger partial charge in [-0.1, -0.05) is 13.3 Å². The van der Waals surface area contributed by atoms with Gasteiger partial charge in [-0.3, -0.25) is 0 Å². The molecule has 0 saturated heterocycles. The van der Waals surface area contributed by atoms with E-state index in [4.69, 9.17) is 0 Å². The predicted octanol–water partition coefficient (Wildman–Crippen LogP) is 1.47. The normalized spacial score (nSPS) is 15.3. The van der Waals surface area contributed by atoms with E-state index in [2.05, 4.69) is 22.2 Å². The van der Waals surface area contributed by atoms with Crippen LogP contribution in [0.15, 0.2) is 4.79 Å². The summed E-state index contributed by atoms with van der Waals surface area (Å²) < 4.78 is 0. The first kappa shape index (κ1) is 10.2. The molecule has 2 N–H and O–H groups in total. The fraction of sp³-hybridized carbons (Fsp3) is 0.636. The highest BCUT2D eigenvalue weighted by Gasteiger charge is 2.13. The van der Waals surface area contributed by atoms with Gasteiger partial charge in [0.05, 0.1) is 0 Å². The molecule has 0 fully saturated rings. The van der Waals surface area contributed by atoms with Crippen LogP contribution in [0.2, 0.25) is 0 Å². The average Bonchev–Trinajstić information content (AvgIpc) is 2.43. The predicted molar refractivity (Wildman–Crippen MR) is 60.3 cm³/mol. The molecule has 2 rings (SSSR count). The average molecular weight is 207 g/mol. The van der Waals surface area contributed by atoms with E-state index in [1.54, 1.807) is 0 Å². The van der Waals surface area contributed by atoms with Crippen molar-refractivity contribution in [2.75, 3.05) is 11.9 Å². The van der Waals surface area contributed by atoms with E-state index < -0.39 is 0 Å². The van der Waals surface area contributed by atoms with Crippen LogP contribution in [-0.2, 0) is 12.8 Å². The molecule has 15 heavy (non-hydrogen) atoms. The Bertz CT molecular complexity index is 397. The van der Waals surface area contributed by atoms with Crippen LogP contribution in [0.4, 0.5) is 5.82 Å². The van der Waals surface area contributed by atoms with Gasteiger partial charge in [-0.05, 0) is 25.7 Å². The largest absolute Gasteiger partial charge is 0.370 e. The zero-order chi connectivity index (χ0) is 10.7. The molecule has 2 heterocycles. The highest BCUT2D eigenvalue weighted by atomic mass is 16.1. The number of fused-ring (bicyclic) bond motifs is 1. The molecule has 0 aliphatic carbocycles. The Balaban J connectivity index is 2.45. The van der Waals surface area contributed by atoms with Crippen LogP contribution >= 0.6 is 0 Å². The van der Waals surface area contributed by atoms with Crippen molar-refractivity contribution in [2.45, 2.75) is 39.0 Å². The Morgan fingerprint density at radius 2 is 2.27 bits per heavy atom. The summed E-state index contributed by atoms with van der Waals surface area (Å²) in [5.41, 5.74) is 2.06. The van der Waals surface area contributed by atoms with Gasteiger partial charge in [-0.25, -0.2) is 4.79 Å². The molecule has 1 aromatic rings. The topological polar surface area (TPSA) is 57.8 Å². The van der Waals surface area contributed by atoms with Gasteiger partial charge in [0.1, 0.15) is 5.82 Å². The summed E-state index contributed by atoms with van der Waals surface area (Å²) in [6.07, 6.45) is 5.33. The number of H-pyrrole nitrogens is 1. The molecule has 0 amide bonds. The molecule has 1 aliphatic heterocycles. The number of rotatable bonds is 2. The summed E-state index contributed by atoms with van der Waals surface area (Å²) >= 11 is 0. The smallest absolute Gasteiger partial charge is 0.347 e. The molecule has 82 valence electrons. The summed E-state index contributed by atoms with van der Waals surface area (Å²) in [5.74, 6) is 0.805. The number of hydrogen-bond acceptors (Lipinski definition) is 3. The number of nitrogens with zero attached hydrogens (tertiary/aromatic N) is 1. The minimum Gasteiger partial charge on any atom is -0.370 e. The summed E-state index contributed by atoms with van der Waals surface area (Å²) in [6.45, 7) is 3.05. The summed E-state index contributed by atoms with van der Waals surface area (Å²) in [4.78, 5) is 18.2. The maximum atomic E-state index is 11.3. The standard InChI is InChI=1S/C11H17N3O/c1-2-5-9-8-6-3-4-7-12-10(8)14-11(15)13-9/h2-7H2,1H3,(H2,12,13,14,15). The summed E-state index contributed by atoms with van der Waals surface area (Å²) in [7, 11) is 0. The lowest BCUT2D eigenvalue weighted by atomic mass is 10.1. The van der Waals surface area contributed by atoms with Gasteiger partial charge < -0.3 is 10.3 Å². The van der Waals surface area contributed by atoms with Crippen LogP contribution in [0.3, 0.4) is 0 Å². The molecule has 0 spiro atoms. The van der Waals surface area contributed by atoms with Gasteiger partial charge in [0, 0.05) is 17.8 Å². The van der Waals surface area contributed by atoms with Gasteiger partial charge in [0.15, 0.2) is 0 Å². The van der Waals surface area contributed by atoms with Crippen molar-refractivity contribution in [2.24, 2.45) is 0 Å². The van der Waals surface area contributed by atoms with E-state index in [-0.39, 0.29) is 5.69 Å². The van der Waals surface area contributed by atoms with Gasteiger partial charge in [-0.15, -0.1) is 0 Å². The third-order valence-corrected chi connectivity index (χ3v) is 2.77. The van der Waals surface area contributed by atoms with Gasteiger partial charge in [0.25, 0.3) is 0 Å². The van der Waals surface area contributed by atoms with Crippen LogP contribution in [-0.4, -0.2) is 16.5 Å². The fourth-order valence-corrected chi connectivity index (χ4v) is 2.06. The molecule has 4 nitrogen and oxygen atoms in total.